The number of benzene rings is 9. The molecule has 3 aromatic heterocycles. The number of anilines is 4. The van der Waals surface area contributed by atoms with Crippen LogP contribution < -0.4 is 14.5 Å². The number of rotatable bonds is 7. The topological polar surface area (TPSA) is 33.5 Å². The minimum Gasteiger partial charge on any atom is -0.457 e. The van der Waals surface area contributed by atoms with Crippen molar-refractivity contribution in [1.82, 2.24) is 9.55 Å². The fourth-order valence-corrected chi connectivity index (χ4v) is 11.8. The van der Waals surface area contributed by atoms with Crippen molar-refractivity contribution in [3.8, 4) is 39.6 Å². The predicted molar refractivity (Wildman–Crippen MR) is 287 cm³/mol. The lowest BCUT2D eigenvalue weighted by Gasteiger charge is -2.27. The molecule has 12 aromatic rings. The van der Waals surface area contributed by atoms with Gasteiger partial charge in [0.15, 0.2) is 0 Å². The molecule has 68 heavy (non-hydrogen) atoms. The first-order valence-corrected chi connectivity index (χ1v) is 24.1. The van der Waals surface area contributed by atoms with Crippen LogP contribution in [0, 0.1) is 0 Å². The first-order chi connectivity index (χ1) is 33.4. The first kappa shape index (κ1) is 40.1. The Morgan fingerprint density at radius 1 is 0.500 bits per heavy atom. The minimum absolute atomic E-state index is 0.0546. The number of hydrogen-bond acceptors (Lipinski definition) is 5. The van der Waals surface area contributed by atoms with Gasteiger partial charge in [0.25, 0.3) is 0 Å². The molecule has 0 bridgehead atoms. The molecule has 4 heterocycles. The van der Waals surface area contributed by atoms with Gasteiger partial charge in [-0.05, 0) is 86.8 Å². The van der Waals surface area contributed by atoms with Gasteiger partial charge >= 0.3 is 0 Å². The summed E-state index contributed by atoms with van der Waals surface area (Å²) >= 11 is 1.88. The van der Waals surface area contributed by atoms with Crippen molar-refractivity contribution in [2.75, 3.05) is 16.5 Å². The summed E-state index contributed by atoms with van der Waals surface area (Å²) in [5.41, 5.74) is 12.7. The van der Waals surface area contributed by atoms with E-state index in [-0.39, 0.29) is 5.41 Å². The summed E-state index contributed by atoms with van der Waals surface area (Å²) in [4.78, 5) is 9.97. The predicted octanol–water partition coefficient (Wildman–Crippen LogP) is 17.4. The van der Waals surface area contributed by atoms with Gasteiger partial charge in [-0.25, -0.2) is 4.98 Å². The Morgan fingerprint density at radius 3 is 1.81 bits per heavy atom. The van der Waals surface area contributed by atoms with Crippen LogP contribution in [-0.2, 0) is 5.41 Å². The quantitative estimate of drug-likeness (QED) is 0.149. The molecule has 0 fully saturated rings. The molecule has 0 saturated carbocycles. The average Bonchev–Trinajstić information content (AvgIpc) is 4.06. The van der Waals surface area contributed by atoms with Gasteiger partial charge in [-0.15, -0.1) is 11.3 Å². The van der Waals surface area contributed by atoms with Crippen LogP contribution in [-0.4, -0.2) is 16.2 Å². The number of hydrogen-bond donors (Lipinski definition) is 0. The summed E-state index contributed by atoms with van der Waals surface area (Å²) in [7, 11) is 0. The van der Waals surface area contributed by atoms with E-state index in [0.717, 1.165) is 39.9 Å². The first-order valence-electron chi connectivity index (χ1n) is 23.3. The van der Waals surface area contributed by atoms with E-state index >= 15 is 0 Å². The fourth-order valence-electron chi connectivity index (χ4n) is 10.4. The Morgan fingerprint density at radius 2 is 1.10 bits per heavy atom. The van der Waals surface area contributed by atoms with E-state index in [0.29, 0.717) is 6.67 Å². The Bertz CT molecular complexity index is 3860. The van der Waals surface area contributed by atoms with Crippen LogP contribution in [0.25, 0.3) is 80.8 Å². The lowest BCUT2D eigenvalue weighted by molar-refractivity contribution is 0.483. The summed E-state index contributed by atoms with van der Waals surface area (Å²) in [6.07, 6.45) is 1.96. The minimum atomic E-state index is -0.0546. The van der Waals surface area contributed by atoms with E-state index in [1.54, 1.807) is 0 Å². The Balaban J connectivity index is 0.932. The second kappa shape index (κ2) is 15.7. The molecule has 0 N–H and O–H groups in total. The monoisotopic (exact) mass is 894 g/mol. The van der Waals surface area contributed by atoms with E-state index in [1.807, 2.05) is 17.5 Å². The number of thiophene rings is 1. The van der Waals surface area contributed by atoms with Crippen molar-refractivity contribution in [3.63, 3.8) is 0 Å². The number of aromatic nitrogens is 2. The summed E-state index contributed by atoms with van der Waals surface area (Å²) < 4.78 is 11.9. The van der Waals surface area contributed by atoms with Gasteiger partial charge in [-0.3, -0.25) is 4.57 Å². The fraction of sp³-hybridized carbons (Fsp3) is 0.0806. The van der Waals surface area contributed by atoms with E-state index < -0.39 is 0 Å². The summed E-state index contributed by atoms with van der Waals surface area (Å²) in [6, 6.07) is 74.0. The molecule has 9 aromatic carbocycles. The summed E-state index contributed by atoms with van der Waals surface area (Å²) in [5.74, 6) is 2.43. The van der Waals surface area contributed by atoms with E-state index in [9.17, 15) is 0 Å². The van der Waals surface area contributed by atoms with Crippen molar-refractivity contribution in [1.29, 1.82) is 0 Å². The SMILES string of the molecule is CC(C)(C)c1ccnc(-n2c3cc(Oc4cccc(N5CN(c6c(-c7ccccc7)cccc6-c6ccccc6)c6ccccc65)c4)ccc3c3sc4c5ccccc5c5ccccc5c4c32)c1. The molecule has 326 valence electrons. The molecule has 13 rings (SSSR count). The van der Waals surface area contributed by atoms with Gasteiger partial charge < -0.3 is 14.5 Å². The third-order valence-electron chi connectivity index (χ3n) is 13.6. The van der Waals surface area contributed by atoms with Crippen LogP contribution in [0.1, 0.15) is 26.3 Å². The number of para-hydroxylation sites is 3. The molecule has 6 heteroatoms. The summed E-state index contributed by atoms with van der Waals surface area (Å²) in [6.45, 7) is 7.42. The van der Waals surface area contributed by atoms with Crippen molar-refractivity contribution < 1.29 is 4.74 Å². The van der Waals surface area contributed by atoms with Crippen molar-refractivity contribution in [3.05, 3.63) is 218 Å². The molecule has 1 aliphatic heterocycles. The highest BCUT2D eigenvalue weighted by molar-refractivity contribution is 7.27. The van der Waals surface area contributed by atoms with Crippen LogP contribution in [0.15, 0.2) is 212 Å². The lowest BCUT2D eigenvalue weighted by atomic mass is 9.88. The van der Waals surface area contributed by atoms with Crippen LogP contribution in [0.5, 0.6) is 11.5 Å². The maximum atomic E-state index is 6.93. The Labute approximate surface area is 399 Å². The third kappa shape index (κ3) is 6.47. The van der Waals surface area contributed by atoms with Gasteiger partial charge in [0, 0.05) is 56.0 Å². The van der Waals surface area contributed by atoms with Crippen molar-refractivity contribution in [2.45, 2.75) is 26.2 Å². The van der Waals surface area contributed by atoms with Gasteiger partial charge in [0.2, 0.25) is 0 Å². The van der Waals surface area contributed by atoms with Crippen LogP contribution in [0.3, 0.4) is 0 Å². The molecule has 1 aliphatic rings. The molecule has 0 radical (unpaired) electrons. The number of ether oxygens (including phenoxy) is 1. The maximum absolute atomic E-state index is 6.93. The van der Waals surface area contributed by atoms with E-state index in [2.05, 4.69) is 241 Å². The van der Waals surface area contributed by atoms with Gasteiger partial charge in [0.05, 0.1) is 32.8 Å². The summed E-state index contributed by atoms with van der Waals surface area (Å²) in [5, 5.41) is 7.50. The molecule has 0 unspecified atom stereocenters. The Kier molecular flexibility index (Phi) is 9.27. The highest BCUT2D eigenvalue weighted by Gasteiger charge is 2.32. The van der Waals surface area contributed by atoms with Crippen molar-refractivity contribution >= 4 is 86.8 Å². The van der Waals surface area contributed by atoms with Crippen LogP contribution >= 0.6 is 11.3 Å². The van der Waals surface area contributed by atoms with E-state index in [4.69, 9.17) is 9.72 Å². The highest BCUT2D eigenvalue weighted by atomic mass is 32.1. The maximum Gasteiger partial charge on any atom is 0.137 e. The normalized spacial score (nSPS) is 12.8. The molecule has 0 saturated heterocycles. The molecule has 0 spiro atoms. The third-order valence-corrected chi connectivity index (χ3v) is 14.9. The molecule has 0 amide bonds. The lowest BCUT2D eigenvalue weighted by Crippen LogP contribution is -2.24. The van der Waals surface area contributed by atoms with Crippen molar-refractivity contribution in [2.24, 2.45) is 0 Å². The Hall–Kier alpha value is -8.19. The highest BCUT2D eigenvalue weighted by Crippen LogP contribution is 2.52. The van der Waals surface area contributed by atoms with Crippen LogP contribution in [0.2, 0.25) is 0 Å². The molecule has 0 atom stereocenters. The van der Waals surface area contributed by atoms with E-state index in [1.165, 1.54) is 80.7 Å². The zero-order chi connectivity index (χ0) is 45.5. The van der Waals surface area contributed by atoms with Gasteiger partial charge in [-0.1, -0.05) is 166 Å². The second-order valence-corrected chi connectivity index (χ2v) is 19.8. The zero-order valence-corrected chi connectivity index (χ0v) is 38.8. The molecule has 0 aliphatic carbocycles. The number of nitrogens with zero attached hydrogens (tertiary/aromatic N) is 4. The number of fused-ring (bicyclic) bond motifs is 11. The smallest absolute Gasteiger partial charge is 0.137 e. The zero-order valence-electron chi connectivity index (χ0n) is 38.0. The van der Waals surface area contributed by atoms with Crippen LogP contribution in [0.4, 0.5) is 22.7 Å². The standard InChI is InChI=1S/C62H46N4OS/c1-62(2,3)42-34-35-63-56(36-42)66-55-38-45(32-33-52(55)61-59(66)57-50-26-12-10-24-48(50)49-25-11-13-27-51(49)60(57)68-61)67-44-23-16-22-43(37-44)64-39-65(54-31-15-14-30-53(54)64)58-46(40-18-6-4-7-19-40)28-17-29-47(58)41-20-8-5-9-21-41/h4-38H,39H2,1-3H3. The van der Waals surface area contributed by atoms with Gasteiger partial charge in [-0.2, -0.15) is 0 Å². The molecular weight excluding hydrogens is 849 g/mol. The molecule has 5 nitrogen and oxygen atoms in total. The van der Waals surface area contributed by atoms with Gasteiger partial charge in [0.1, 0.15) is 24.0 Å². The number of pyridine rings is 1. The average molecular weight is 895 g/mol. The molecular formula is C62H46N4OS. The largest absolute Gasteiger partial charge is 0.457 e. The second-order valence-electron chi connectivity index (χ2n) is 18.8.